The van der Waals surface area contributed by atoms with E-state index < -0.39 is 0 Å². The SMILES string of the molecule is CCCCCC/C=C\CCCCCCCC(=O)OCCCCCCCCCCCCCCCCCCCCC(C)CC. The van der Waals surface area contributed by atoms with Crippen LogP contribution in [0.3, 0.4) is 0 Å². The van der Waals surface area contributed by atoms with Gasteiger partial charge in [0, 0.05) is 6.42 Å². The molecule has 0 radical (unpaired) electrons. The summed E-state index contributed by atoms with van der Waals surface area (Å²) in [6.07, 6.45) is 47.1. The molecule has 0 aromatic heterocycles. The summed E-state index contributed by atoms with van der Waals surface area (Å²) in [5, 5.41) is 0. The first-order valence-corrected chi connectivity index (χ1v) is 19.5. The summed E-state index contributed by atoms with van der Waals surface area (Å²) in [5.74, 6) is 0.950. The Morgan fingerprint density at radius 2 is 0.881 bits per heavy atom. The summed E-state index contributed by atoms with van der Waals surface area (Å²) < 4.78 is 5.44. The third-order valence-electron chi connectivity index (χ3n) is 9.19. The Hall–Kier alpha value is -0.790. The van der Waals surface area contributed by atoms with Gasteiger partial charge in [-0.1, -0.05) is 193 Å². The van der Waals surface area contributed by atoms with Crippen molar-refractivity contribution in [2.75, 3.05) is 6.61 Å². The fourth-order valence-electron chi connectivity index (χ4n) is 5.87. The largest absolute Gasteiger partial charge is 0.466 e. The van der Waals surface area contributed by atoms with Crippen LogP contribution in [0.15, 0.2) is 12.2 Å². The van der Waals surface area contributed by atoms with Gasteiger partial charge in [0.1, 0.15) is 0 Å². The van der Waals surface area contributed by atoms with E-state index in [0.29, 0.717) is 13.0 Å². The van der Waals surface area contributed by atoms with Crippen molar-refractivity contribution in [2.24, 2.45) is 5.92 Å². The minimum atomic E-state index is 0.0175. The molecule has 0 amide bonds. The zero-order valence-electron chi connectivity index (χ0n) is 29.4. The molecule has 0 fully saturated rings. The zero-order valence-corrected chi connectivity index (χ0v) is 29.4. The fraction of sp³-hybridized carbons (Fsp3) is 0.925. The standard InChI is InChI=1S/C40H78O2/c1-4-6-7-8-9-10-11-18-22-25-28-31-34-37-40(41)42-38-35-32-29-26-23-20-17-15-13-12-14-16-19-21-24-27-30-33-36-39(3)5-2/h10-11,39H,4-9,12-38H2,1-3H3/b11-10-. The van der Waals surface area contributed by atoms with E-state index in [4.69, 9.17) is 4.74 Å². The molecule has 0 spiro atoms. The molecule has 0 N–H and O–H groups in total. The van der Waals surface area contributed by atoms with Crippen molar-refractivity contribution in [3.05, 3.63) is 12.2 Å². The zero-order chi connectivity index (χ0) is 30.6. The van der Waals surface area contributed by atoms with Gasteiger partial charge in [0.2, 0.25) is 0 Å². The number of carbonyl (C=O) groups is 1. The minimum absolute atomic E-state index is 0.0175. The molecule has 0 rings (SSSR count). The van der Waals surface area contributed by atoms with Crippen LogP contribution in [0, 0.1) is 5.92 Å². The third-order valence-corrected chi connectivity index (χ3v) is 9.19. The molecular weight excluding hydrogens is 512 g/mol. The maximum absolute atomic E-state index is 11.9. The Bertz CT molecular complexity index is 540. The highest BCUT2D eigenvalue weighted by Gasteiger charge is 2.03. The molecule has 0 aromatic rings. The average Bonchev–Trinajstić information content (AvgIpc) is 3.00. The van der Waals surface area contributed by atoms with Crippen molar-refractivity contribution in [1.82, 2.24) is 0 Å². The second-order valence-electron chi connectivity index (χ2n) is 13.5. The normalized spacial score (nSPS) is 12.4. The number of unbranched alkanes of at least 4 members (excludes halogenated alkanes) is 26. The summed E-state index contributed by atoms with van der Waals surface area (Å²) in [6, 6.07) is 0. The van der Waals surface area contributed by atoms with E-state index in [9.17, 15) is 4.79 Å². The number of hydrogen-bond acceptors (Lipinski definition) is 2. The molecule has 1 unspecified atom stereocenters. The van der Waals surface area contributed by atoms with Crippen molar-refractivity contribution in [3.63, 3.8) is 0 Å². The first-order chi connectivity index (χ1) is 20.7. The number of hydrogen-bond donors (Lipinski definition) is 0. The second-order valence-corrected chi connectivity index (χ2v) is 13.5. The van der Waals surface area contributed by atoms with Gasteiger partial charge in [-0.05, 0) is 44.4 Å². The molecule has 0 aliphatic rings. The molecule has 2 nitrogen and oxygen atoms in total. The lowest BCUT2D eigenvalue weighted by Gasteiger charge is -2.07. The van der Waals surface area contributed by atoms with Crippen molar-refractivity contribution >= 4 is 5.97 Å². The minimum Gasteiger partial charge on any atom is -0.466 e. The van der Waals surface area contributed by atoms with Gasteiger partial charge in [-0.15, -0.1) is 0 Å². The van der Waals surface area contributed by atoms with Crippen LogP contribution < -0.4 is 0 Å². The molecule has 0 aliphatic carbocycles. The summed E-state index contributed by atoms with van der Waals surface area (Å²) in [7, 11) is 0. The topological polar surface area (TPSA) is 26.3 Å². The lowest BCUT2D eigenvalue weighted by atomic mass is 9.99. The van der Waals surface area contributed by atoms with E-state index in [0.717, 1.165) is 25.2 Å². The van der Waals surface area contributed by atoms with Crippen molar-refractivity contribution in [1.29, 1.82) is 0 Å². The smallest absolute Gasteiger partial charge is 0.305 e. The number of carbonyl (C=O) groups excluding carboxylic acids is 1. The highest BCUT2D eigenvalue weighted by Crippen LogP contribution is 2.17. The summed E-state index contributed by atoms with van der Waals surface area (Å²) >= 11 is 0. The molecule has 0 saturated heterocycles. The van der Waals surface area contributed by atoms with Crippen LogP contribution in [0.1, 0.15) is 226 Å². The quantitative estimate of drug-likeness (QED) is 0.0417. The van der Waals surface area contributed by atoms with Crippen LogP contribution in [0.25, 0.3) is 0 Å². The Kier molecular flexibility index (Phi) is 35.7. The van der Waals surface area contributed by atoms with E-state index in [1.54, 1.807) is 0 Å². The Labute approximate surface area is 266 Å². The van der Waals surface area contributed by atoms with E-state index in [2.05, 4.69) is 32.9 Å². The van der Waals surface area contributed by atoms with Crippen LogP contribution in [0.4, 0.5) is 0 Å². The Morgan fingerprint density at radius 1 is 0.500 bits per heavy atom. The molecule has 0 bridgehead atoms. The number of rotatable bonds is 35. The number of allylic oxidation sites excluding steroid dienone is 2. The van der Waals surface area contributed by atoms with Gasteiger partial charge in [-0.3, -0.25) is 4.79 Å². The highest BCUT2D eigenvalue weighted by molar-refractivity contribution is 5.69. The third kappa shape index (κ3) is 35.4. The van der Waals surface area contributed by atoms with Crippen LogP contribution in [0.2, 0.25) is 0 Å². The van der Waals surface area contributed by atoms with Crippen LogP contribution in [-0.2, 0) is 9.53 Å². The van der Waals surface area contributed by atoms with Crippen LogP contribution >= 0.6 is 0 Å². The summed E-state index contributed by atoms with van der Waals surface area (Å²) in [5.41, 5.74) is 0. The first-order valence-electron chi connectivity index (χ1n) is 19.5. The first kappa shape index (κ1) is 41.2. The van der Waals surface area contributed by atoms with Gasteiger partial charge in [0.05, 0.1) is 6.61 Å². The Balaban J connectivity index is 3.17. The highest BCUT2D eigenvalue weighted by atomic mass is 16.5. The maximum Gasteiger partial charge on any atom is 0.305 e. The van der Waals surface area contributed by atoms with Gasteiger partial charge < -0.3 is 4.74 Å². The summed E-state index contributed by atoms with van der Waals surface area (Å²) in [6.45, 7) is 7.60. The van der Waals surface area contributed by atoms with E-state index in [1.807, 2.05) is 0 Å². The molecule has 0 heterocycles. The molecule has 1 atom stereocenters. The molecule has 42 heavy (non-hydrogen) atoms. The second kappa shape index (κ2) is 36.4. The fourth-order valence-corrected chi connectivity index (χ4v) is 5.87. The van der Waals surface area contributed by atoms with Crippen LogP contribution in [-0.4, -0.2) is 12.6 Å². The monoisotopic (exact) mass is 591 g/mol. The van der Waals surface area contributed by atoms with E-state index >= 15 is 0 Å². The summed E-state index contributed by atoms with van der Waals surface area (Å²) in [4.78, 5) is 11.9. The molecule has 2 heteroatoms. The average molecular weight is 591 g/mol. The Morgan fingerprint density at radius 3 is 1.33 bits per heavy atom. The van der Waals surface area contributed by atoms with Gasteiger partial charge in [0.25, 0.3) is 0 Å². The van der Waals surface area contributed by atoms with Crippen LogP contribution in [0.5, 0.6) is 0 Å². The predicted molar refractivity (Wildman–Crippen MR) is 188 cm³/mol. The van der Waals surface area contributed by atoms with Gasteiger partial charge in [-0.25, -0.2) is 0 Å². The molecule has 0 saturated carbocycles. The van der Waals surface area contributed by atoms with Crippen molar-refractivity contribution < 1.29 is 9.53 Å². The van der Waals surface area contributed by atoms with Gasteiger partial charge in [-0.2, -0.15) is 0 Å². The molecule has 0 aromatic carbocycles. The van der Waals surface area contributed by atoms with Gasteiger partial charge in [0.15, 0.2) is 0 Å². The molecule has 0 aliphatic heterocycles. The van der Waals surface area contributed by atoms with E-state index in [-0.39, 0.29) is 5.97 Å². The van der Waals surface area contributed by atoms with Gasteiger partial charge >= 0.3 is 5.97 Å². The maximum atomic E-state index is 11.9. The molecular formula is C40H78O2. The van der Waals surface area contributed by atoms with E-state index in [1.165, 1.54) is 180 Å². The lowest BCUT2D eigenvalue weighted by molar-refractivity contribution is -0.143. The lowest BCUT2D eigenvalue weighted by Crippen LogP contribution is -2.05. The predicted octanol–water partition coefficient (Wildman–Crippen LogP) is 14.2. The van der Waals surface area contributed by atoms with Crippen molar-refractivity contribution in [3.8, 4) is 0 Å². The van der Waals surface area contributed by atoms with Crippen molar-refractivity contribution in [2.45, 2.75) is 226 Å². The number of ether oxygens (including phenoxy) is 1. The molecule has 250 valence electrons. The number of esters is 1.